The van der Waals surface area contributed by atoms with Gasteiger partial charge >= 0.3 is 8.80 Å². The van der Waals surface area contributed by atoms with Crippen molar-refractivity contribution in [3.63, 3.8) is 0 Å². The molecule has 1 rings (SSSR count). The van der Waals surface area contributed by atoms with Gasteiger partial charge in [0.2, 0.25) is 0 Å². The predicted molar refractivity (Wildman–Crippen MR) is 101 cm³/mol. The second-order valence-corrected chi connectivity index (χ2v) is 9.02. The molecule has 7 heteroatoms. The Morgan fingerprint density at radius 1 is 0.800 bits per heavy atom. The predicted octanol–water partition coefficient (Wildman–Crippen LogP) is 4.19. The Balaban J connectivity index is 3.09. The summed E-state index contributed by atoms with van der Waals surface area (Å²) >= 11 is 0. The van der Waals surface area contributed by atoms with Crippen LogP contribution in [0.1, 0.15) is 67.2 Å². The third kappa shape index (κ3) is 5.99. The van der Waals surface area contributed by atoms with Crippen LogP contribution < -0.4 is 0 Å². The fraction of sp³-hybridized carbons (Fsp3) is 1.00. The molecule has 0 bridgehead atoms. The summed E-state index contributed by atoms with van der Waals surface area (Å²) in [6.07, 6.45) is 4.33. The van der Waals surface area contributed by atoms with Crippen molar-refractivity contribution in [3.8, 4) is 0 Å². The lowest BCUT2D eigenvalue weighted by molar-refractivity contribution is -0.389. The summed E-state index contributed by atoms with van der Waals surface area (Å²) in [6.45, 7) is 15.3. The van der Waals surface area contributed by atoms with E-state index in [1.165, 1.54) is 0 Å². The Hall–Kier alpha value is -0.0231. The fourth-order valence-corrected chi connectivity index (χ4v) is 7.56. The van der Waals surface area contributed by atoms with Gasteiger partial charge in [0.25, 0.3) is 0 Å². The van der Waals surface area contributed by atoms with Crippen molar-refractivity contribution in [2.24, 2.45) is 5.92 Å². The van der Waals surface area contributed by atoms with Crippen molar-refractivity contribution in [2.45, 2.75) is 78.8 Å². The number of nitrogens with zero attached hydrogens (tertiary/aromatic N) is 1. The molecule has 0 aromatic carbocycles. The summed E-state index contributed by atoms with van der Waals surface area (Å²) in [5, 5.41) is 1.74. The lowest BCUT2D eigenvalue weighted by Crippen LogP contribution is -2.54. The monoisotopic (exact) mass is 377 g/mol. The smallest absolute Gasteiger partial charge is 0.374 e. The van der Waals surface area contributed by atoms with Gasteiger partial charge in [-0.15, -0.1) is 0 Å². The van der Waals surface area contributed by atoms with Crippen molar-refractivity contribution < 1.29 is 23.0 Å². The summed E-state index contributed by atoms with van der Waals surface area (Å²) in [6, 6.07) is 0.220. The molecule has 1 aliphatic carbocycles. The zero-order chi connectivity index (χ0) is 18.7. The third-order valence-corrected chi connectivity index (χ3v) is 8.58. The molecule has 25 heavy (non-hydrogen) atoms. The van der Waals surface area contributed by atoms with Gasteiger partial charge in [-0.05, 0) is 59.8 Å². The molecular weight excluding hydrogens is 338 g/mol. The lowest BCUT2D eigenvalue weighted by Gasteiger charge is -2.41. The van der Waals surface area contributed by atoms with E-state index in [-0.39, 0.29) is 11.6 Å². The highest BCUT2D eigenvalue weighted by Crippen LogP contribution is 2.46. The number of rotatable bonds is 14. The molecule has 0 aromatic heterocycles. The maximum atomic E-state index is 6.22. The maximum absolute atomic E-state index is 6.22. The normalized spacial score (nSPS) is 22.7. The highest BCUT2D eigenvalue weighted by atomic mass is 28.4. The van der Waals surface area contributed by atoms with Gasteiger partial charge in [-0.3, -0.25) is 9.68 Å². The minimum absolute atomic E-state index is 0.220. The van der Waals surface area contributed by atoms with Gasteiger partial charge < -0.3 is 13.3 Å². The molecule has 0 saturated heterocycles. The zero-order valence-electron chi connectivity index (χ0n) is 17.1. The molecule has 3 unspecified atom stereocenters. The van der Waals surface area contributed by atoms with Crippen LogP contribution in [-0.4, -0.2) is 53.1 Å². The third-order valence-electron chi connectivity index (χ3n) is 4.76. The van der Waals surface area contributed by atoms with Crippen molar-refractivity contribution in [1.82, 2.24) is 5.23 Å². The van der Waals surface area contributed by atoms with Crippen molar-refractivity contribution in [3.05, 3.63) is 0 Å². The Labute approximate surface area is 155 Å². The van der Waals surface area contributed by atoms with E-state index in [2.05, 4.69) is 6.92 Å². The molecule has 0 N–H and O–H groups in total. The van der Waals surface area contributed by atoms with E-state index < -0.39 is 8.80 Å². The molecular formula is C18H39NO5Si. The van der Waals surface area contributed by atoms with Gasteiger partial charge in [0.05, 0.1) is 19.3 Å². The second-order valence-electron chi connectivity index (χ2n) is 6.20. The van der Waals surface area contributed by atoms with E-state index in [4.69, 9.17) is 23.0 Å². The first-order valence-corrected chi connectivity index (χ1v) is 11.9. The SMILES string of the molecule is CCON(OCC)C1CCCC1C(CC)[Si](OCC)(OCC)OCC. The standard InChI is InChI=1S/C18H39NO5Si/c1-7-18(25(22-10-4,23-11-5)24-12-6)16-14-13-15-17(16)19(20-8-2)21-9-3/h16-18H,7-15H2,1-6H3. The molecule has 0 heterocycles. The number of hydroxylamine groups is 2. The Bertz CT molecular complexity index is 324. The van der Waals surface area contributed by atoms with Crippen LogP contribution in [0.15, 0.2) is 0 Å². The van der Waals surface area contributed by atoms with E-state index in [0.717, 1.165) is 25.7 Å². The molecule has 1 saturated carbocycles. The van der Waals surface area contributed by atoms with E-state index in [1.54, 1.807) is 5.23 Å². The van der Waals surface area contributed by atoms with E-state index in [9.17, 15) is 0 Å². The van der Waals surface area contributed by atoms with Crippen LogP contribution >= 0.6 is 0 Å². The first-order valence-electron chi connectivity index (χ1n) is 10.1. The minimum Gasteiger partial charge on any atom is -0.374 e. The largest absolute Gasteiger partial charge is 0.504 e. The molecule has 0 radical (unpaired) electrons. The number of hydrogen-bond donors (Lipinski definition) is 0. The second kappa shape index (κ2) is 12.4. The minimum atomic E-state index is -2.76. The molecule has 6 nitrogen and oxygen atoms in total. The summed E-state index contributed by atoms with van der Waals surface area (Å²) in [7, 11) is -2.76. The van der Waals surface area contributed by atoms with Crippen LogP contribution in [0, 0.1) is 5.92 Å². The average Bonchev–Trinajstić information content (AvgIpc) is 3.05. The molecule has 3 atom stereocenters. The fourth-order valence-electron chi connectivity index (χ4n) is 4.05. The molecule has 1 fully saturated rings. The van der Waals surface area contributed by atoms with Crippen LogP contribution in [0.5, 0.6) is 0 Å². The van der Waals surface area contributed by atoms with Crippen LogP contribution in [-0.2, 0) is 23.0 Å². The summed E-state index contributed by atoms with van der Waals surface area (Å²) in [5.41, 5.74) is 0.253. The van der Waals surface area contributed by atoms with Crippen molar-refractivity contribution in [2.75, 3.05) is 33.0 Å². The molecule has 1 aliphatic rings. The Morgan fingerprint density at radius 2 is 1.32 bits per heavy atom. The summed E-state index contributed by atoms with van der Waals surface area (Å²) in [4.78, 5) is 11.6. The average molecular weight is 378 g/mol. The van der Waals surface area contributed by atoms with Gasteiger partial charge in [-0.25, -0.2) is 0 Å². The molecule has 0 aliphatic heterocycles. The molecule has 150 valence electrons. The van der Waals surface area contributed by atoms with Gasteiger partial charge in [-0.2, -0.15) is 0 Å². The number of hydrogen-bond acceptors (Lipinski definition) is 6. The molecule has 0 aromatic rings. The summed E-state index contributed by atoms with van der Waals surface area (Å²) in [5.74, 6) is 0.388. The maximum Gasteiger partial charge on any atom is 0.504 e. The molecule has 0 amide bonds. The zero-order valence-corrected chi connectivity index (χ0v) is 18.1. The lowest BCUT2D eigenvalue weighted by atomic mass is 9.97. The van der Waals surface area contributed by atoms with Crippen LogP contribution in [0.2, 0.25) is 5.54 Å². The summed E-state index contributed by atoms with van der Waals surface area (Å²) < 4.78 is 18.7. The van der Waals surface area contributed by atoms with E-state index >= 15 is 0 Å². The Kier molecular flexibility index (Phi) is 11.4. The quantitative estimate of drug-likeness (QED) is 0.334. The van der Waals surface area contributed by atoms with Crippen LogP contribution in [0.4, 0.5) is 0 Å². The molecule has 0 spiro atoms. The van der Waals surface area contributed by atoms with Crippen LogP contribution in [0.25, 0.3) is 0 Å². The topological polar surface area (TPSA) is 49.4 Å². The van der Waals surface area contributed by atoms with Gasteiger partial charge in [0.15, 0.2) is 0 Å². The first kappa shape index (κ1) is 23.0. The Morgan fingerprint density at radius 3 is 1.72 bits per heavy atom. The van der Waals surface area contributed by atoms with E-state index in [0.29, 0.717) is 39.0 Å². The van der Waals surface area contributed by atoms with Crippen molar-refractivity contribution >= 4 is 8.80 Å². The van der Waals surface area contributed by atoms with Crippen LogP contribution in [0.3, 0.4) is 0 Å². The van der Waals surface area contributed by atoms with Gasteiger partial charge in [-0.1, -0.05) is 18.6 Å². The first-order chi connectivity index (χ1) is 12.1. The highest BCUT2D eigenvalue weighted by molar-refractivity contribution is 6.62. The van der Waals surface area contributed by atoms with Gasteiger partial charge in [0, 0.05) is 25.4 Å². The van der Waals surface area contributed by atoms with E-state index in [1.807, 2.05) is 34.6 Å². The van der Waals surface area contributed by atoms with Crippen molar-refractivity contribution in [1.29, 1.82) is 0 Å². The van der Waals surface area contributed by atoms with Gasteiger partial charge in [0.1, 0.15) is 0 Å². The highest BCUT2D eigenvalue weighted by Gasteiger charge is 2.55.